The smallest absolute Gasteiger partial charge is 0.258 e. The average Bonchev–Trinajstić information content (AvgIpc) is 3.77. The van der Waals surface area contributed by atoms with Gasteiger partial charge in [-0.25, -0.2) is 9.37 Å². The van der Waals surface area contributed by atoms with Crippen molar-refractivity contribution < 1.29 is 28.3 Å². The Hall–Kier alpha value is -3.69. The van der Waals surface area contributed by atoms with Crippen LogP contribution in [0.5, 0.6) is 5.75 Å². The molecule has 2 saturated carbocycles. The monoisotopic (exact) mass is 800 g/mol. The molecule has 13 nitrogen and oxygen atoms in total. The summed E-state index contributed by atoms with van der Waals surface area (Å²) in [5.41, 5.74) is -0.707. The second kappa shape index (κ2) is 17.6. The molecule has 2 aliphatic heterocycles. The summed E-state index contributed by atoms with van der Waals surface area (Å²) in [6.07, 6.45) is 8.39. The highest BCUT2D eigenvalue weighted by molar-refractivity contribution is 8.00. The van der Waals surface area contributed by atoms with Gasteiger partial charge in [0.1, 0.15) is 28.9 Å². The number of aromatic nitrogens is 2. The summed E-state index contributed by atoms with van der Waals surface area (Å²) in [6.45, 7) is 8.30. The van der Waals surface area contributed by atoms with Crippen molar-refractivity contribution in [3.63, 3.8) is 0 Å². The molecule has 2 unspecified atom stereocenters. The number of benzene rings is 1. The summed E-state index contributed by atoms with van der Waals surface area (Å²) in [5, 5.41) is 9.24. The predicted molar refractivity (Wildman–Crippen MR) is 213 cm³/mol. The van der Waals surface area contributed by atoms with Crippen LogP contribution >= 0.6 is 23.4 Å². The highest BCUT2D eigenvalue weighted by Crippen LogP contribution is 2.42. The van der Waals surface area contributed by atoms with E-state index >= 15 is 0 Å². The Labute approximate surface area is 332 Å². The van der Waals surface area contributed by atoms with Gasteiger partial charge in [-0.2, -0.15) is 16.7 Å². The number of hydrogen-bond acceptors (Lipinski definition) is 11. The number of ether oxygens (including phenoxy) is 1. The second-order valence-electron chi connectivity index (χ2n) is 15.8. The summed E-state index contributed by atoms with van der Waals surface area (Å²) in [6, 6.07) is 3.90. The maximum absolute atomic E-state index is 14.7. The van der Waals surface area contributed by atoms with Crippen LogP contribution in [-0.2, 0) is 14.4 Å². The van der Waals surface area contributed by atoms with E-state index in [4.69, 9.17) is 16.3 Å². The van der Waals surface area contributed by atoms with Gasteiger partial charge >= 0.3 is 0 Å². The Morgan fingerprint density at radius 1 is 1.09 bits per heavy atom. The van der Waals surface area contributed by atoms with Crippen molar-refractivity contribution in [1.29, 1.82) is 0 Å². The number of amides is 3. The summed E-state index contributed by atoms with van der Waals surface area (Å²) in [4.78, 5) is 66.3. The molecule has 0 radical (unpaired) electrons. The van der Waals surface area contributed by atoms with E-state index in [-0.39, 0.29) is 24.7 Å². The van der Waals surface area contributed by atoms with Gasteiger partial charge in [-0.3, -0.25) is 19.3 Å². The Balaban J connectivity index is 0.953. The zero-order chi connectivity index (χ0) is 39.3. The number of carbonyl (C=O) groups is 4. The number of nitrogens with one attached hydrogen (secondary N) is 3. The number of anilines is 3. The molecule has 1 aromatic heterocycles. The lowest BCUT2D eigenvalue weighted by molar-refractivity contribution is -0.140. The highest BCUT2D eigenvalue weighted by atomic mass is 35.5. The van der Waals surface area contributed by atoms with Crippen LogP contribution in [0.4, 0.5) is 21.8 Å². The maximum atomic E-state index is 14.7. The first-order chi connectivity index (χ1) is 26.3. The van der Waals surface area contributed by atoms with Crippen molar-refractivity contribution in [1.82, 2.24) is 30.0 Å². The fourth-order valence-electron chi connectivity index (χ4n) is 7.83. The van der Waals surface area contributed by atoms with Crippen molar-refractivity contribution in [2.75, 3.05) is 69.8 Å². The number of piperazine rings is 1. The molecule has 6 rings (SSSR count). The number of hydrogen-bond donors (Lipinski definition) is 3. The number of halogens is 2. The molecule has 3 heterocycles. The molecule has 2 aliphatic carbocycles. The summed E-state index contributed by atoms with van der Waals surface area (Å²) in [5.74, 6) is 2.20. The van der Waals surface area contributed by atoms with Crippen LogP contribution in [0, 0.1) is 11.8 Å². The van der Waals surface area contributed by atoms with Crippen LogP contribution in [0.1, 0.15) is 75.6 Å². The minimum absolute atomic E-state index is 0.0325. The molecule has 2 saturated heterocycles. The molecule has 4 aliphatic rings. The molecule has 16 heteroatoms. The molecule has 0 bridgehead atoms. The number of thioether (sulfide) groups is 1. The molecule has 3 N–H and O–H groups in total. The fourth-order valence-corrected chi connectivity index (χ4v) is 9.34. The molecule has 2 aromatic rings. The molecule has 300 valence electrons. The highest BCUT2D eigenvalue weighted by Gasteiger charge is 2.53. The molecular formula is C39H54ClFN8O5S. The fraction of sp³-hybridized carbons (Fsp3) is 0.641. The van der Waals surface area contributed by atoms with E-state index in [1.807, 2.05) is 18.7 Å². The van der Waals surface area contributed by atoms with Crippen molar-refractivity contribution in [3.05, 3.63) is 35.0 Å². The minimum Gasteiger partial charge on any atom is -0.495 e. The average molecular weight is 801 g/mol. The number of likely N-dealkylation sites (tertiary alicyclic amines) is 1. The molecule has 3 amide bonds. The minimum atomic E-state index is -1.89. The standard InChI is InChI=1S/C39H54ClFN8O5S/c1-38(2,32(45-36(53)39(41)13-14-39)35(52)49-15-5-6-28(49)23-50)55-24-26-9-7-25(8-10-26)22-47-16-18-48(19-17-47)34(51)27-11-12-30(31(20-27)54-4)44-37-43-21-29(40)33(42-3)46-37/h11-12,20-21,23,25-26,28,32H,5-10,13-19,22,24H2,1-4H3,(H,45,53)(H2,42,43,44,46)/t25-,26+,28?,32?. The first-order valence-corrected chi connectivity index (χ1v) is 20.8. The summed E-state index contributed by atoms with van der Waals surface area (Å²) in [7, 11) is 3.28. The zero-order valence-corrected chi connectivity index (χ0v) is 33.8. The normalized spacial score (nSPS) is 23.1. The quantitative estimate of drug-likeness (QED) is 0.205. The number of alkyl halides is 1. The van der Waals surface area contributed by atoms with Crippen molar-refractivity contribution in [2.45, 2.75) is 87.7 Å². The van der Waals surface area contributed by atoms with Gasteiger partial charge in [-0.15, -0.1) is 0 Å². The van der Waals surface area contributed by atoms with Gasteiger partial charge in [0.15, 0.2) is 5.67 Å². The van der Waals surface area contributed by atoms with Gasteiger partial charge in [0.05, 0.1) is 25.0 Å². The molecule has 0 spiro atoms. The lowest BCUT2D eigenvalue weighted by Gasteiger charge is -2.39. The van der Waals surface area contributed by atoms with Crippen LogP contribution in [-0.4, -0.2) is 130 Å². The predicted octanol–water partition coefficient (Wildman–Crippen LogP) is 5.18. The van der Waals surface area contributed by atoms with Crippen LogP contribution in [0.25, 0.3) is 0 Å². The lowest BCUT2D eigenvalue weighted by Crippen LogP contribution is -2.59. The maximum Gasteiger partial charge on any atom is 0.258 e. The number of rotatable bonds is 15. The van der Waals surface area contributed by atoms with E-state index in [2.05, 4.69) is 30.8 Å². The second-order valence-corrected chi connectivity index (χ2v) is 17.9. The third kappa shape index (κ3) is 9.83. The van der Waals surface area contributed by atoms with Gasteiger partial charge in [0.25, 0.3) is 11.8 Å². The lowest BCUT2D eigenvalue weighted by atomic mass is 9.82. The molecule has 2 atom stereocenters. The van der Waals surface area contributed by atoms with Gasteiger partial charge < -0.3 is 35.3 Å². The third-order valence-corrected chi connectivity index (χ3v) is 13.5. The van der Waals surface area contributed by atoms with Gasteiger partial charge in [0, 0.05) is 56.6 Å². The van der Waals surface area contributed by atoms with Crippen LogP contribution in [0.15, 0.2) is 24.4 Å². The van der Waals surface area contributed by atoms with Crippen molar-refractivity contribution in [3.8, 4) is 5.75 Å². The number of carbonyl (C=O) groups excluding carboxylic acids is 4. The number of methoxy groups -OCH3 is 1. The Bertz CT molecular complexity index is 1720. The van der Waals surface area contributed by atoms with E-state index in [0.717, 1.165) is 63.8 Å². The molecule has 4 fully saturated rings. The van der Waals surface area contributed by atoms with Crippen LogP contribution in [0.2, 0.25) is 5.02 Å². The Morgan fingerprint density at radius 3 is 2.45 bits per heavy atom. The Kier molecular flexibility index (Phi) is 13.1. The zero-order valence-electron chi connectivity index (χ0n) is 32.2. The van der Waals surface area contributed by atoms with Gasteiger partial charge in [0.2, 0.25) is 11.9 Å². The summed E-state index contributed by atoms with van der Waals surface area (Å²) < 4.78 is 19.6. The topological polar surface area (TPSA) is 149 Å². The molecule has 1 aromatic carbocycles. The van der Waals surface area contributed by atoms with E-state index < -0.39 is 28.4 Å². The van der Waals surface area contributed by atoms with Crippen LogP contribution in [0.3, 0.4) is 0 Å². The number of aldehydes is 1. The van der Waals surface area contributed by atoms with E-state index in [1.165, 1.54) is 6.20 Å². The number of nitrogens with zero attached hydrogens (tertiary/aromatic N) is 5. The first-order valence-electron chi connectivity index (χ1n) is 19.4. The SMILES string of the molecule is CNc1nc(Nc2ccc(C(=O)N3CCN(C[C@H]4CC[C@@H](CSC(C)(C)C(NC(=O)C5(F)CC5)C(=O)N5CCCC5C=O)CC4)CC3)cc2OC)ncc1Cl. The Morgan fingerprint density at radius 2 is 1.80 bits per heavy atom. The first kappa shape index (κ1) is 41.0. The third-order valence-electron chi connectivity index (χ3n) is 11.6. The van der Waals surface area contributed by atoms with Crippen molar-refractivity contribution in [2.24, 2.45) is 11.8 Å². The van der Waals surface area contributed by atoms with Gasteiger partial charge in [-0.1, -0.05) is 11.6 Å². The van der Waals surface area contributed by atoms with Crippen LogP contribution < -0.4 is 20.7 Å². The largest absolute Gasteiger partial charge is 0.495 e. The molecule has 55 heavy (non-hydrogen) atoms. The summed E-state index contributed by atoms with van der Waals surface area (Å²) >= 11 is 7.77. The van der Waals surface area contributed by atoms with E-state index in [1.54, 1.807) is 49.0 Å². The van der Waals surface area contributed by atoms with E-state index in [9.17, 15) is 23.6 Å². The van der Waals surface area contributed by atoms with E-state index in [0.29, 0.717) is 71.7 Å². The molecular weight excluding hydrogens is 747 g/mol. The van der Waals surface area contributed by atoms with Crippen molar-refractivity contribution >= 4 is 64.8 Å². The van der Waals surface area contributed by atoms with Gasteiger partial charge in [-0.05, 0) is 101 Å².